The van der Waals surface area contributed by atoms with Crippen LogP contribution >= 0.6 is 43.2 Å². The molecule has 9 heteroatoms. The topological polar surface area (TPSA) is 72.2 Å². The highest BCUT2D eigenvalue weighted by atomic mass is 79.9. The van der Waals surface area contributed by atoms with Gasteiger partial charge in [-0.3, -0.25) is 0 Å². The Kier molecular flexibility index (Phi) is 4.85. The summed E-state index contributed by atoms with van der Waals surface area (Å²) in [6.45, 7) is 0.146. The van der Waals surface area contributed by atoms with E-state index in [0.29, 0.717) is 0 Å². The van der Waals surface area contributed by atoms with Gasteiger partial charge in [-0.1, -0.05) is 0 Å². The molecule has 0 fully saturated rings. The summed E-state index contributed by atoms with van der Waals surface area (Å²) in [5.74, 6) is -0.608. The predicted octanol–water partition coefficient (Wildman–Crippen LogP) is 3.47. The number of benzene rings is 1. The van der Waals surface area contributed by atoms with E-state index in [0.717, 1.165) is 20.8 Å². The largest absolute Gasteiger partial charge is 0.398 e. The van der Waals surface area contributed by atoms with E-state index in [2.05, 4.69) is 36.6 Å². The molecule has 0 aliphatic heterocycles. The molecule has 0 radical (unpaired) electrons. The molecule has 2 aromatic rings. The SMILES string of the molecule is Nc1cc(F)c(Br)cc1S(=O)(=O)NCc1ccc(Br)s1. The summed E-state index contributed by atoms with van der Waals surface area (Å²) in [4.78, 5) is 0.696. The van der Waals surface area contributed by atoms with Crippen LogP contribution in [-0.4, -0.2) is 8.42 Å². The van der Waals surface area contributed by atoms with Gasteiger partial charge in [0.1, 0.15) is 10.7 Å². The molecule has 3 N–H and O–H groups in total. The molecule has 4 nitrogen and oxygen atoms in total. The second-order valence-electron chi connectivity index (χ2n) is 3.83. The molecule has 0 atom stereocenters. The van der Waals surface area contributed by atoms with E-state index in [1.807, 2.05) is 6.07 Å². The number of rotatable bonds is 4. The molecule has 20 heavy (non-hydrogen) atoms. The van der Waals surface area contributed by atoms with E-state index >= 15 is 0 Å². The van der Waals surface area contributed by atoms with Crippen molar-refractivity contribution in [3.05, 3.63) is 43.2 Å². The Hall–Kier alpha value is -0.480. The zero-order valence-electron chi connectivity index (χ0n) is 9.86. The van der Waals surface area contributed by atoms with Crippen molar-refractivity contribution in [3.63, 3.8) is 0 Å². The van der Waals surface area contributed by atoms with Crippen molar-refractivity contribution in [1.29, 1.82) is 0 Å². The third kappa shape index (κ3) is 3.59. The first kappa shape index (κ1) is 15.9. The third-order valence-corrected chi connectivity index (χ3v) is 6.10. The zero-order valence-corrected chi connectivity index (χ0v) is 14.7. The lowest BCUT2D eigenvalue weighted by Gasteiger charge is -2.09. The Balaban J connectivity index is 2.24. The molecular formula is C11H9Br2FN2O2S2. The van der Waals surface area contributed by atoms with Gasteiger partial charge in [0.2, 0.25) is 10.0 Å². The van der Waals surface area contributed by atoms with E-state index in [9.17, 15) is 12.8 Å². The lowest BCUT2D eigenvalue weighted by molar-refractivity contribution is 0.581. The van der Waals surface area contributed by atoms with Crippen LogP contribution in [0.3, 0.4) is 0 Å². The Morgan fingerprint density at radius 1 is 1.30 bits per heavy atom. The Morgan fingerprint density at radius 3 is 2.60 bits per heavy atom. The van der Waals surface area contributed by atoms with Gasteiger partial charge in [0.25, 0.3) is 0 Å². The molecule has 1 aromatic carbocycles. The monoisotopic (exact) mass is 442 g/mol. The summed E-state index contributed by atoms with van der Waals surface area (Å²) >= 11 is 7.67. The van der Waals surface area contributed by atoms with Crippen molar-refractivity contribution >= 4 is 58.9 Å². The second-order valence-corrected chi connectivity index (χ2v) is 8.97. The van der Waals surface area contributed by atoms with Gasteiger partial charge in [-0.2, -0.15) is 0 Å². The van der Waals surface area contributed by atoms with Gasteiger partial charge in [-0.15, -0.1) is 11.3 Å². The van der Waals surface area contributed by atoms with Crippen molar-refractivity contribution in [1.82, 2.24) is 4.72 Å². The normalized spacial score (nSPS) is 11.8. The van der Waals surface area contributed by atoms with Crippen LogP contribution in [0.2, 0.25) is 0 Å². The van der Waals surface area contributed by atoms with E-state index in [-0.39, 0.29) is 21.6 Å². The molecule has 0 bridgehead atoms. The van der Waals surface area contributed by atoms with E-state index in [1.54, 1.807) is 6.07 Å². The first-order valence-corrected chi connectivity index (χ1v) is 9.16. The van der Waals surface area contributed by atoms with Gasteiger partial charge in [0.05, 0.1) is 13.9 Å². The second kappa shape index (κ2) is 6.10. The minimum Gasteiger partial charge on any atom is -0.398 e. The molecule has 0 spiro atoms. The molecule has 108 valence electrons. The number of hydrogen-bond donors (Lipinski definition) is 2. The van der Waals surface area contributed by atoms with Gasteiger partial charge in [-0.25, -0.2) is 17.5 Å². The molecule has 1 aromatic heterocycles. The summed E-state index contributed by atoms with van der Waals surface area (Å²) < 4.78 is 41.0. The van der Waals surface area contributed by atoms with Crippen molar-refractivity contribution < 1.29 is 12.8 Å². The van der Waals surface area contributed by atoms with Crippen molar-refractivity contribution in [2.45, 2.75) is 11.4 Å². The van der Waals surface area contributed by atoms with Gasteiger partial charge >= 0.3 is 0 Å². The molecular weight excluding hydrogens is 435 g/mol. The molecule has 0 saturated carbocycles. The molecule has 0 saturated heterocycles. The first-order chi connectivity index (χ1) is 9.29. The highest BCUT2D eigenvalue weighted by molar-refractivity contribution is 9.11. The predicted molar refractivity (Wildman–Crippen MR) is 84.6 cm³/mol. The van der Waals surface area contributed by atoms with Gasteiger partial charge in [-0.05, 0) is 56.1 Å². The minimum atomic E-state index is -3.80. The molecule has 0 unspecified atom stereocenters. The molecule has 0 aliphatic rings. The fourth-order valence-electron chi connectivity index (χ4n) is 1.47. The number of anilines is 1. The first-order valence-electron chi connectivity index (χ1n) is 5.28. The van der Waals surface area contributed by atoms with Crippen LogP contribution in [0.15, 0.2) is 37.4 Å². The fourth-order valence-corrected chi connectivity index (χ4v) is 4.62. The number of halogens is 3. The van der Waals surface area contributed by atoms with Crippen LogP contribution in [0.5, 0.6) is 0 Å². The van der Waals surface area contributed by atoms with Gasteiger partial charge < -0.3 is 5.73 Å². The van der Waals surface area contributed by atoms with Crippen LogP contribution in [-0.2, 0) is 16.6 Å². The van der Waals surface area contributed by atoms with E-state index in [1.165, 1.54) is 11.3 Å². The zero-order chi connectivity index (χ0) is 14.9. The number of nitrogens with two attached hydrogens (primary N) is 1. The summed E-state index contributed by atoms with van der Waals surface area (Å²) in [7, 11) is -3.80. The van der Waals surface area contributed by atoms with Crippen molar-refractivity contribution in [3.8, 4) is 0 Å². The maximum absolute atomic E-state index is 13.3. The van der Waals surface area contributed by atoms with Gasteiger partial charge in [0, 0.05) is 11.4 Å². The van der Waals surface area contributed by atoms with Gasteiger partial charge in [0.15, 0.2) is 0 Å². The van der Waals surface area contributed by atoms with E-state index in [4.69, 9.17) is 5.73 Å². The number of nitrogens with one attached hydrogen (secondary N) is 1. The molecule has 2 rings (SSSR count). The smallest absolute Gasteiger partial charge is 0.242 e. The number of nitrogen functional groups attached to an aromatic ring is 1. The van der Waals surface area contributed by atoms with Crippen LogP contribution in [0, 0.1) is 5.82 Å². The lowest BCUT2D eigenvalue weighted by Crippen LogP contribution is -2.24. The standard InChI is InChI=1S/C11H9Br2FN2O2S2/c12-7-3-10(9(15)4-8(7)14)20(17,18)16-5-6-1-2-11(13)19-6/h1-4,16H,5,15H2. The summed E-state index contributed by atoms with van der Waals surface area (Å²) in [5, 5.41) is 0. The van der Waals surface area contributed by atoms with Crippen molar-refractivity contribution in [2.75, 3.05) is 5.73 Å². The molecule has 1 heterocycles. The lowest BCUT2D eigenvalue weighted by atomic mass is 10.3. The summed E-state index contributed by atoms with van der Waals surface area (Å²) in [6, 6.07) is 5.76. The van der Waals surface area contributed by atoms with Crippen LogP contribution in [0.1, 0.15) is 4.88 Å². The van der Waals surface area contributed by atoms with Crippen LogP contribution in [0.4, 0.5) is 10.1 Å². The third-order valence-electron chi connectivity index (χ3n) is 2.41. The molecule has 0 aliphatic carbocycles. The Bertz CT molecular complexity index is 747. The summed E-state index contributed by atoms with van der Waals surface area (Å²) in [6.07, 6.45) is 0. The maximum atomic E-state index is 13.3. The minimum absolute atomic E-state index is 0.0472. The van der Waals surface area contributed by atoms with Crippen molar-refractivity contribution in [2.24, 2.45) is 0 Å². The highest BCUT2D eigenvalue weighted by Crippen LogP contribution is 2.27. The van der Waals surface area contributed by atoms with Crippen LogP contribution in [0.25, 0.3) is 0 Å². The van der Waals surface area contributed by atoms with Crippen LogP contribution < -0.4 is 10.5 Å². The number of hydrogen-bond acceptors (Lipinski definition) is 4. The Morgan fingerprint density at radius 2 is 2.00 bits per heavy atom. The Labute approximate surface area is 136 Å². The average Bonchev–Trinajstić information content (AvgIpc) is 2.77. The quantitative estimate of drug-likeness (QED) is 0.710. The average molecular weight is 444 g/mol. The fraction of sp³-hybridized carbons (Fsp3) is 0.0909. The summed E-state index contributed by atoms with van der Waals surface area (Å²) in [5.41, 5.74) is 5.43. The number of thiophene rings is 1. The van der Waals surface area contributed by atoms with E-state index < -0.39 is 15.8 Å². The highest BCUT2D eigenvalue weighted by Gasteiger charge is 2.19. The number of sulfonamides is 1. The molecule has 0 amide bonds. The maximum Gasteiger partial charge on any atom is 0.242 e.